The third-order valence-corrected chi connectivity index (χ3v) is 20.5. The van der Waals surface area contributed by atoms with E-state index in [4.69, 9.17) is 24.2 Å². The Morgan fingerprint density at radius 3 is 1.77 bits per heavy atom. The van der Waals surface area contributed by atoms with Crippen LogP contribution in [0.3, 0.4) is 0 Å². The number of hydrogen-bond donors (Lipinski definition) is 4. The van der Waals surface area contributed by atoms with E-state index in [2.05, 4.69) is 107 Å². The highest BCUT2D eigenvalue weighted by atomic mass is 16.5. The Morgan fingerprint density at radius 2 is 1.14 bits per heavy atom. The maximum Gasteiger partial charge on any atom is 0.280 e. The molecule has 20 rings (SSSR count). The van der Waals surface area contributed by atoms with Crippen molar-refractivity contribution < 1.29 is 14.2 Å². The summed E-state index contributed by atoms with van der Waals surface area (Å²) in [4.78, 5) is 52.4. The molecule has 0 radical (unpaired) electrons. The molecule has 4 N–H and O–H groups in total. The zero-order valence-corrected chi connectivity index (χ0v) is 53.8. The molecule has 0 unspecified atom stereocenters. The number of nitrogens with one attached hydrogen (secondary N) is 4. The number of pyridine rings is 4. The van der Waals surface area contributed by atoms with Crippen LogP contribution in [0.1, 0.15) is 114 Å². The topological polar surface area (TPSA) is 284 Å². The fraction of sp³-hybridized carbons (Fsp3) is 0.420. The molecule has 0 aromatic carbocycles. The van der Waals surface area contributed by atoms with Crippen LogP contribution in [0.4, 0.5) is 11.6 Å². The van der Waals surface area contributed by atoms with Crippen LogP contribution in [-0.4, -0.2) is 159 Å². The lowest BCUT2D eigenvalue weighted by molar-refractivity contribution is 0.0697. The summed E-state index contributed by atoms with van der Waals surface area (Å²) in [7, 11) is 3.71. The van der Waals surface area contributed by atoms with Gasteiger partial charge in [-0.1, -0.05) is 25.3 Å². The van der Waals surface area contributed by atoms with Crippen molar-refractivity contribution in [1.29, 1.82) is 0 Å². The van der Waals surface area contributed by atoms with Gasteiger partial charge in [0.05, 0.1) is 63.3 Å². The normalized spacial score (nSPS) is 18.1. The van der Waals surface area contributed by atoms with Crippen LogP contribution in [0.25, 0.3) is 105 Å². The highest BCUT2D eigenvalue weighted by Crippen LogP contribution is 2.43. The van der Waals surface area contributed by atoms with Crippen LogP contribution < -0.4 is 20.9 Å². The van der Waals surface area contributed by atoms with Crippen LogP contribution in [0.15, 0.2) is 100 Å². The molecular formula is C69H75N21O5. The number of hydrogen-bond acceptors (Lipinski definition) is 17. The van der Waals surface area contributed by atoms with E-state index in [0.717, 1.165) is 166 Å². The van der Waals surface area contributed by atoms with Gasteiger partial charge in [-0.3, -0.25) is 38.6 Å². The van der Waals surface area contributed by atoms with Gasteiger partial charge in [-0.25, -0.2) is 9.97 Å². The van der Waals surface area contributed by atoms with E-state index in [9.17, 15) is 9.59 Å². The first-order valence-electron chi connectivity index (χ1n) is 33.6. The number of ether oxygens (including phenoxy) is 3. The SMILES string of the molecule is C1=C2C(=NC1)CN(C1CCOCC1)c1nccc3[nH]nc2c13.CC(C)n1ccc2c1CN(C1CCCCC1)c1nccc3[nH]nc-2c13.Cn1cc2c(n1)c(=O)n(C1CCOCC1)c1[nH]ccc3nnc2c31.Cn1ccc2c3nnc4cc[nH]c(c43)n(C3CCOCC3)c(=O)c21. The van der Waals surface area contributed by atoms with Gasteiger partial charge in [-0.05, 0) is 102 Å². The van der Waals surface area contributed by atoms with E-state index < -0.39 is 0 Å². The molecule has 19 heterocycles. The Bertz CT molecular complexity index is 5230. The summed E-state index contributed by atoms with van der Waals surface area (Å²) < 4.78 is 26.1. The van der Waals surface area contributed by atoms with E-state index >= 15 is 0 Å². The summed E-state index contributed by atoms with van der Waals surface area (Å²) >= 11 is 0. The molecule has 0 atom stereocenters. The van der Waals surface area contributed by atoms with Gasteiger partial charge in [-0.2, -0.15) is 15.3 Å². The van der Waals surface area contributed by atoms with Crippen molar-refractivity contribution in [2.24, 2.45) is 19.1 Å². The molecule has 26 nitrogen and oxygen atoms in total. The third kappa shape index (κ3) is 9.99. The van der Waals surface area contributed by atoms with Gasteiger partial charge in [-0.15, -0.1) is 20.4 Å². The van der Waals surface area contributed by atoms with Gasteiger partial charge in [0.2, 0.25) is 0 Å². The molecule has 486 valence electrons. The van der Waals surface area contributed by atoms with Gasteiger partial charge in [0.25, 0.3) is 11.1 Å². The number of aromatic amines is 4. The van der Waals surface area contributed by atoms with Crippen molar-refractivity contribution in [2.45, 2.75) is 121 Å². The molecule has 0 amide bonds. The summed E-state index contributed by atoms with van der Waals surface area (Å²) in [6.07, 6.45) is 27.4. The van der Waals surface area contributed by atoms with Crippen molar-refractivity contribution in [1.82, 2.24) is 88.8 Å². The lowest BCUT2D eigenvalue weighted by atomic mass is 9.94. The Hall–Kier alpha value is -9.92. The maximum absolute atomic E-state index is 13.4. The molecule has 13 aromatic rings. The molecule has 95 heavy (non-hydrogen) atoms. The smallest absolute Gasteiger partial charge is 0.280 e. The van der Waals surface area contributed by atoms with E-state index in [1.165, 1.54) is 54.3 Å². The van der Waals surface area contributed by atoms with Gasteiger partial charge in [0.1, 0.15) is 61.9 Å². The molecule has 7 aliphatic rings. The van der Waals surface area contributed by atoms with Gasteiger partial charge >= 0.3 is 0 Å². The zero-order valence-electron chi connectivity index (χ0n) is 53.8. The van der Waals surface area contributed by atoms with Gasteiger partial charge in [0.15, 0.2) is 5.52 Å². The molecule has 4 fully saturated rings. The predicted octanol–water partition coefficient (Wildman–Crippen LogP) is 10.1. The first-order valence-corrected chi connectivity index (χ1v) is 33.6. The molecule has 0 bridgehead atoms. The van der Waals surface area contributed by atoms with Crippen LogP contribution in [0.2, 0.25) is 0 Å². The first-order chi connectivity index (χ1) is 46.6. The fourth-order valence-corrected chi connectivity index (χ4v) is 15.8. The van der Waals surface area contributed by atoms with Crippen molar-refractivity contribution in [2.75, 3.05) is 62.5 Å². The minimum absolute atomic E-state index is 0.00569. The molecular weight excluding hydrogens is 1200 g/mol. The monoisotopic (exact) mass is 1280 g/mol. The second kappa shape index (κ2) is 24.1. The van der Waals surface area contributed by atoms with Crippen molar-refractivity contribution in [3.05, 3.63) is 118 Å². The highest BCUT2D eigenvalue weighted by molar-refractivity contribution is 6.30. The number of aryl methyl sites for hydroxylation is 2. The standard InChI is InChI=1S/C20H25N5.C17H17N5O2.C16H16N6O2.C16H17N5O/c1-13(2)24-11-9-15-17(24)12-25(14-6-4-3-5-7-14)20-18-16(8-10-21-20)22-23-19(15)18;1-21-7-3-11-14-13-12(19-20-14)2-6-18-16(13)22(17(23)15(11)21)10-4-8-24-9-5-10;1-21-8-10-13-12-11(18-19-13)2-5-17-15(12)22(16(23)14(10)20-21)9-3-6-24-7-4-9;1-5-17-13-9-21(10-3-7-22-8-4-10)16-14-12(2-6-18-16)19-20-15(14)11(1)13/h8-11,13-14H,3-7,12H2,1-2H3,(H,22,23);2-3,6-7,10,18H,4-5,8-9H2,1H3;2,5,8-9,17H,3-4,6-7H2,1H3;1-2,6,10H,3-5,7-9H2,(H,19,20). The van der Waals surface area contributed by atoms with E-state index in [-0.39, 0.29) is 23.2 Å². The van der Waals surface area contributed by atoms with Crippen molar-refractivity contribution >= 4 is 111 Å². The molecule has 6 aliphatic heterocycles. The summed E-state index contributed by atoms with van der Waals surface area (Å²) in [5.41, 5.74) is 14.7. The van der Waals surface area contributed by atoms with E-state index in [0.29, 0.717) is 61.1 Å². The quantitative estimate of drug-likeness (QED) is 0.125. The molecule has 26 heteroatoms. The van der Waals surface area contributed by atoms with Crippen LogP contribution in [0, 0.1) is 0 Å². The van der Waals surface area contributed by atoms with Crippen LogP contribution >= 0.6 is 0 Å². The van der Waals surface area contributed by atoms with Gasteiger partial charge < -0.3 is 43.1 Å². The average Bonchev–Trinajstić information content (AvgIpc) is 1.81. The maximum atomic E-state index is 13.4. The largest absolute Gasteiger partial charge is 0.381 e. The highest BCUT2D eigenvalue weighted by Gasteiger charge is 2.35. The molecule has 1 saturated carbocycles. The Morgan fingerprint density at radius 1 is 0.568 bits per heavy atom. The summed E-state index contributed by atoms with van der Waals surface area (Å²) in [5, 5.41) is 43.0. The second-order valence-corrected chi connectivity index (χ2v) is 26.3. The molecule has 0 spiro atoms. The summed E-state index contributed by atoms with van der Waals surface area (Å²) in [5.74, 6) is 2.14. The summed E-state index contributed by atoms with van der Waals surface area (Å²) in [6.45, 7) is 11.3. The van der Waals surface area contributed by atoms with E-state index in [1.54, 1.807) is 10.9 Å². The number of aliphatic imine (C=N–C) groups is 1. The summed E-state index contributed by atoms with van der Waals surface area (Å²) in [6, 6.07) is 13.6. The Balaban J connectivity index is 0.0000000961. The lowest BCUT2D eigenvalue weighted by Crippen LogP contribution is -2.42. The van der Waals surface area contributed by atoms with Crippen molar-refractivity contribution in [3.63, 3.8) is 0 Å². The zero-order chi connectivity index (χ0) is 64.0. The number of rotatable bonds is 5. The second-order valence-electron chi connectivity index (χ2n) is 26.3. The number of aromatic nitrogens is 18. The minimum Gasteiger partial charge on any atom is -0.381 e. The van der Waals surface area contributed by atoms with Crippen LogP contribution in [-0.2, 0) is 34.9 Å². The first kappa shape index (κ1) is 58.9. The van der Waals surface area contributed by atoms with E-state index in [1.807, 2.05) is 89.1 Å². The average molecular weight is 1280 g/mol. The van der Waals surface area contributed by atoms with Crippen molar-refractivity contribution in [3.8, 4) is 11.3 Å². The Labute approximate surface area is 543 Å². The molecule has 1 aliphatic carbocycles. The predicted molar refractivity (Wildman–Crippen MR) is 366 cm³/mol. The molecule has 13 aromatic heterocycles. The number of anilines is 2. The minimum atomic E-state index is -0.0979. The molecule has 3 saturated heterocycles. The number of fused-ring (bicyclic) bond motifs is 8. The number of H-pyrrole nitrogens is 4. The Kier molecular flexibility index (Phi) is 15.0. The lowest BCUT2D eigenvalue weighted by Gasteiger charge is -2.35. The third-order valence-electron chi connectivity index (χ3n) is 20.5. The van der Waals surface area contributed by atoms with Crippen LogP contribution in [0.5, 0.6) is 0 Å². The van der Waals surface area contributed by atoms with Gasteiger partial charge in [0, 0.05) is 150 Å². The fourth-order valence-electron chi connectivity index (χ4n) is 15.8. The number of nitrogens with zero attached hydrogens (tertiary/aromatic N) is 17.